The fourth-order valence-electron chi connectivity index (χ4n) is 2.23. The van der Waals surface area contributed by atoms with Gasteiger partial charge in [-0.05, 0) is 30.5 Å². The predicted octanol–water partition coefficient (Wildman–Crippen LogP) is 4.53. The lowest BCUT2D eigenvalue weighted by Gasteiger charge is -2.05. The van der Waals surface area contributed by atoms with E-state index in [1.807, 2.05) is 18.2 Å². The molecule has 0 N–H and O–H groups in total. The number of methoxy groups -OCH3 is 1. The number of rotatable bonds is 5. The van der Waals surface area contributed by atoms with E-state index in [1.54, 1.807) is 31.0 Å². The fraction of sp³-hybridized carbons (Fsp3) is 0.250. The fourth-order valence-corrected chi connectivity index (χ4v) is 4.56. The number of nitrogens with zero attached hydrogens (tertiary/aromatic N) is 2. The molecule has 0 fully saturated rings. The molecular formula is C16H15ClN2O2S3. The van der Waals surface area contributed by atoms with Crippen LogP contribution in [0.25, 0.3) is 10.2 Å². The maximum atomic E-state index is 12.4. The summed E-state index contributed by atoms with van der Waals surface area (Å²) in [5, 5.41) is 0. The number of halogens is 1. The van der Waals surface area contributed by atoms with Gasteiger partial charge in [0.2, 0.25) is 0 Å². The summed E-state index contributed by atoms with van der Waals surface area (Å²) in [5.41, 5.74) is 1.03. The molecule has 0 aliphatic carbocycles. The summed E-state index contributed by atoms with van der Waals surface area (Å²) in [6.07, 6.45) is 2.06. The second-order valence-electron chi connectivity index (χ2n) is 4.88. The van der Waals surface area contributed by atoms with Gasteiger partial charge in [0.05, 0.1) is 26.5 Å². The summed E-state index contributed by atoms with van der Waals surface area (Å²) < 4.78 is 9.06. The number of amides is 1. The zero-order valence-corrected chi connectivity index (χ0v) is 16.3. The van der Waals surface area contributed by atoms with Gasteiger partial charge in [-0.15, -0.1) is 11.3 Å². The first-order valence-corrected chi connectivity index (χ1v) is 10.5. The molecule has 1 aromatic carbocycles. The molecule has 24 heavy (non-hydrogen) atoms. The molecule has 8 heteroatoms. The first-order chi connectivity index (χ1) is 11.6. The molecule has 0 unspecified atom stereocenters. The molecule has 0 aliphatic rings. The van der Waals surface area contributed by atoms with Crippen LogP contribution in [0.15, 0.2) is 35.3 Å². The van der Waals surface area contributed by atoms with Crippen LogP contribution >= 0.6 is 46.0 Å². The Balaban J connectivity index is 2.11. The molecule has 0 saturated carbocycles. The topological polar surface area (TPSA) is 43.6 Å². The highest BCUT2D eigenvalue weighted by atomic mass is 35.5. The number of aryl methyl sites for hydroxylation is 1. The largest absolute Gasteiger partial charge is 0.497 e. The van der Waals surface area contributed by atoms with Gasteiger partial charge in [-0.3, -0.25) is 4.79 Å². The van der Waals surface area contributed by atoms with Crippen molar-refractivity contribution >= 4 is 62.2 Å². The zero-order valence-electron chi connectivity index (χ0n) is 13.1. The molecule has 2 aromatic heterocycles. The summed E-state index contributed by atoms with van der Waals surface area (Å²) in [7, 11) is 1.65. The van der Waals surface area contributed by atoms with E-state index in [4.69, 9.17) is 16.3 Å². The number of carbonyl (C=O) groups excluding carboxylic acids is 1. The minimum absolute atomic E-state index is 0.261. The molecular weight excluding hydrogens is 384 g/mol. The first kappa shape index (κ1) is 17.5. The number of thiophene rings is 1. The van der Waals surface area contributed by atoms with Crippen molar-refractivity contribution in [1.29, 1.82) is 0 Å². The third-order valence-corrected chi connectivity index (χ3v) is 6.26. The molecule has 4 nitrogen and oxygen atoms in total. The third kappa shape index (κ3) is 3.69. The number of hydrogen-bond donors (Lipinski definition) is 0. The van der Waals surface area contributed by atoms with Crippen LogP contribution in [0.5, 0.6) is 5.75 Å². The second kappa shape index (κ2) is 7.74. The van der Waals surface area contributed by atoms with Gasteiger partial charge in [0, 0.05) is 18.4 Å². The van der Waals surface area contributed by atoms with Crippen molar-refractivity contribution in [2.75, 3.05) is 19.1 Å². The van der Waals surface area contributed by atoms with Gasteiger partial charge in [-0.1, -0.05) is 22.9 Å². The number of ether oxygens (including phenoxy) is 1. The maximum absolute atomic E-state index is 12.4. The number of thiazole rings is 1. The normalized spacial score (nSPS) is 12.0. The third-order valence-electron chi connectivity index (χ3n) is 3.39. The smallest absolute Gasteiger partial charge is 0.289 e. The van der Waals surface area contributed by atoms with Gasteiger partial charge >= 0.3 is 0 Å². The number of hydrogen-bond acceptors (Lipinski definition) is 5. The minimum atomic E-state index is -0.261. The SMILES string of the molecule is COc1ccc2sc(=NC(=O)c3ccc(Cl)s3)n(CCSC)c2c1. The molecule has 0 aliphatic heterocycles. The van der Waals surface area contributed by atoms with Gasteiger partial charge in [0.15, 0.2) is 4.80 Å². The Labute approximate surface area is 156 Å². The summed E-state index contributed by atoms with van der Waals surface area (Å²) in [6.45, 7) is 0.783. The van der Waals surface area contributed by atoms with Crippen LogP contribution in [-0.2, 0) is 6.54 Å². The summed E-state index contributed by atoms with van der Waals surface area (Å²) in [5.74, 6) is 1.47. The van der Waals surface area contributed by atoms with Crippen LogP contribution in [0.4, 0.5) is 0 Å². The van der Waals surface area contributed by atoms with Crippen molar-refractivity contribution in [2.45, 2.75) is 6.54 Å². The number of carbonyl (C=O) groups is 1. The van der Waals surface area contributed by atoms with E-state index in [-0.39, 0.29) is 5.91 Å². The predicted molar refractivity (Wildman–Crippen MR) is 104 cm³/mol. The lowest BCUT2D eigenvalue weighted by atomic mass is 10.3. The van der Waals surface area contributed by atoms with E-state index in [1.165, 1.54) is 22.7 Å². The molecule has 126 valence electrons. The van der Waals surface area contributed by atoms with Crippen LogP contribution in [0.3, 0.4) is 0 Å². The van der Waals surface area contributed by atoms with Crippen LogP contribution in [0.2, 0.25) is 4.34 Å². The van der Waals surface area contributed by atoms with E-state index in [2.05, 4.69) is 15.8 Å². The Bertz CT molecular complexity index is 942. The van der Waals surface area contributed by atoms with E-state index < -0.39 is 0 Å². The van der Waals surface area contributed by atoms with Gasteiger partial charge in [0.25, 0.3) is 5.91 Å². The molecule has 3 aromatic rings. The Kier molecular flexibility index (Phi) is 5.65. The minimum Gasteiger partial charge on any atom is -0.497 e. The van der Waals surface area contributed by atoms with Crippen molar-refractivity contribution in [2.24, 2.45) is 4.99 Å². The number of aromatic nitrogens is 1. The Morgan fingerprint density at radius 1 is 1.33 bits per heavy atom. The van der Waals surface area contributed by atoms with Crippen LogP contribution < -0.4 is 9.54 Å². The van der Waals surface area contributed by atoms with Gasteiger partial charge in [-0.2, -0.15) is 16.8 Å². The molecule has 0 spiro atoms. The average Bonchev–Trinajstić information content (AvgIpc) is 3.16. The first-order valence-electron chi connectivity index (χ1n) is 7.13. The molecule has 0 bridgehead atoms. The zero-order chi connectivity index (χ0) is 17.1. The van der Waals surface area contributed by atoms with Crippen LogP contribution in [0, 0.1) is 0 Å². The molecule has 0 saturated heterocycles. The lowest BCUT2D eigenvalue weighted by molar-refractivity contribution is 0.100. The molecule has 1 amide bonds. The van der Waals surface area contributed by atoms with Crippen molar-refractivity contribution in [3.05, 3.63) is 44.3 Å². The Hall–Kier alpha value is -1.28. The van der Waals surface area contributed by atoms with Gasteiger partial charge < -0.3 is 9.30 Å². The highest BCUT2D eigenvalue weighted by molar-refractivity contribution is 7.98. The summed E-state index contributed by atoms with van der Waals surface area (Å²) in [4.78, 5) is 18.0. The number of benzene rings is 1. The van der Waals surface area contributed by atoms with E-state index in [0.29, 0.717) is 14.0 Å². The monoisotopic (exact) mass is 398 g/mol. The van der Waals surface area contributed by atoms with E-state index in [9.17, 15) is 4.79 Å². The van der Waals surface area contributed by atoms with E-state index >= 15 is 0 Å². The lowest BCUT2D eigenvalue weighted by Crippen LogP contribution is -2.18. The number of thioether (sulfide) groups is 1. The van der Waals surface area contributed by atoms with Crippen molar-refractivity contribution in [3.63, 3.8) is 0 Å². The summed E-state index contributed by atoms with van der Waals surface area (Å²) >= 11 is 10.4. The molecule has 0 radical (unpaired) electrons. The van der Waals surface area contributed by atoms with Crippen molar-refractivity contribution in [3.8, 4) is 5.75 Å². The van der Waals surface area contributed by atoms with Gasteiger partial charge in [-0.25, -0.2) is 0 Å². The summed E-state index contributed by atoms with van der Waals surface area (Å²) in [6, 6.07) is 9.33. The highest BCUT2D eigenvalue weighted by Gasteiger charge is 2.11. The highest BCUT2D eigenvalue weighted by Crippen LogP contribution is 2.24. The maximum Gasteiger partial charge on any atom is 0.289 e. The molecule has 2 heterocycles. The Morgan fingerprint density at radius 2 is 2.17 bits per heavy atom. The quantitative estimate of drug-likeness (QED) is 0.634. The van der Waals surface area contributed by atoms with Crippen LogP contribution in [-0.4, -0.2) is 29.6 Å². The second-order valence-corrected chi connectivity index (χ2v) is 8.59. The standard InChI is InChI=1S/C16H15ClN2O2S3/c1-21-10-3-4-12-11(9-10)19(7-8-22-2)16(24-12)18-15(20)13-5-6-14(17)23-13/h3-6,9H,7-8H2,1-2H3. The molecule has 3 rings (SSSR count). The Morgan fingerprint density at radius 3 is 2.83 bits per heavy atom. The number of fused-ring (bicyclic) bond motifs is 1. The van der Waals surface area contributed by atoms with Crippen molar-refractivity contribution < 1.29 is 9.53 Å². The van der Waals surface area contributed by atoms with Crippen LogP contribution in [0.1, 0.15) is 9.67 Å². The van der Waals surface area contributed by atoms with Gasteiger partial charge in [0.1, 0.15) is 5.75 Å². The average molecular weight is 399 g/mol. The van der Waals surface area contributed by atoms with Crippen molar-refractivity contribution in [1.82, 2.24) is 4.57 Å². The van der Waals surface area contributed by atoms with E-state index in [0.717, 1.165) is 28.3 Å². The molecule has 0 atom stereocenters.